The Morgan fingerprint density at radius 3 is 2.52 bits per heavy atom. The van der Waals surface area contributed by atoms with E-state index in [0.717, 1.165) is 35.1 Å². The number of nitro benzene ring substituents is 1. The molecular formula is C28H24N8O6. The third-order valence-electron chi connectivity index (χ3n) is 6.50. The molecule has 2 aliphatic rings. The molecule has 3 aromatic carbocycles. The lowest BCUT2D eigenvalue weighted by Gasteiger charge is -2.31. The molecule has 2 N–H and O–H groups in total. The van der Waals surface area contributed by atoms with Crippen molar-refractivity contribution >= 4 is 17.2 Å². The van der Waals surface area contributed by atoms with Crippen molar-refractivity contribution in [2.24, 2.45) is 15.8 Å². The number of hydrogen-bond donors (Lipinski definition) is 1. The monoisotopic (exact) mass is 568 g/mol. The van der Waals surface area contributed by atoms with E-state index in [9.17, 15) is 25.5 Å². The number of ether oxygens (including phenoxy) is 2. The Labute approximate surface area is 239 Å². The number of nitro groups is 2. The van der Waals surface area contributed by atoms with E-state index in [1.165, 1.54) is 6.07 Å². The van der Waals surface area contributed by atoms with Gasteiger partial charge in [0.05, 0.1) is 28.0 Å². The molecule has 0 spiro atoms. The van der Waals surface area contributed by atoms with Crippen molar-refractivity contribution in [2.75, 3.05) is 20.1 Å². The van der Waals surface area contributed by atoms with Crippen molar-refractivity contribution in [3.8, 4) is 17.6 Å². The lowest BCUT2D eigenvalue weighted by Crippen LogP contribution is -2.49. The minimum Gasteiger partial charge on any atom is -0.449 e. The second kappa shape index (κ2) is 11.7. The highest BCUT2D eigenvalue weighted by Gasteiger charge is 2.40. The molecule has 42 heavy (non-hydrogen) atoms. The van der Waals surface area contributed by atoms with Crippen LogP contribution in [0.15, 0.2) is 94.4 Å². The number of likely N-dealkylation sites (N-methyl/N-ethyl adjacent to an activating group) is 1. The molecule has 14 heteroatoms. The van der Waals surface area contributed by atoms with Crippen LogP contribution in [0.3, 0.4) is 0 Å². The summed E-state index contributed by atoms with van der Waals surface area (Å²) < 4.78 is 11.9. The first-order valence-corrected chi connectivity index (χ1v) is 12.7. The van der Waals surface area contributed by atoms with Crippen LogP contribution in [0.4, 0.5) is 5.69 Å². The molecule has 0 saturated heterocycles. The predicted octanol–water partition coefficient (Wildman–Crippen LogP) is 3.22. The third-order valence-corrected chi connectivity index (χ3v) is 6.50. The van der Waals surface area contributed by atoms with Crippen LogP contribution in [-0.2, 0) is 6.42 Å². The molecule has 5 rings (SSSR count). The largest absolute Gasteiger partial charge is 0.449 e. The molecular weight excluding hydrogens is 544 g/mol. The molecule has 0 bridgehead atoms. The van der Waals surface area contributed by atoms with E-state index >= 15 is 0 Å². The van der Waals surface area contributed by atoms with Crippen molar-refractivity contribution in [3.63, 3.8) is 0 Å². The number of rotatable bonds is 9. The first-order chi connectivity index (χ1) is 20.2. The molecule has 1 unspecified atom stereocenters. The van der Waals surface area contributed by atoms with Gasteiger partial charge in [0.25, 0.3) is 12.2 Å². The van der Waals surface area contributed by atoms with Gasteiger partial charge in [-0.1, -0.05) is 42.5 Å². The number of benzene rings is 3. The minimum absolute atomic E-state index is 0.0136. The van der Waals surface area contributed by atoms with E-state index in [2.05, 4.69) is 9.98 Å². The average molecular weight is 569 g/mol. The van der Waals surface area contributed by atoms with Crippen LogP contribution >= 0.6 is 0 Å². The molecule has 0 radical (unpaired) electrons. The van der Waals surface area contributed by atoms with Crippen molar-refractivity contribution in [2.45, 2.75) is 12.8 Å². The summed E-state index contributed by atoms with van der Waals surface area (Å²) in [5, 5.41) is 34.2. The first kappa shape index (κ1) is 27.7. The topological polar surface area (TPSA) is 186 Å². The molecule has 212 valence electrons. The Bertz CT molecular complexity index is 1680. The van der Waals surface area contributed by atoms with Gasteiger partial charge in [-0.15, -0.1) is 0 Å². The molecule has 0 aromatic heterocycles. The van der Waals surface area contributed by atoms with E-state index in [1.807, 2.05) is 24.1 Å². The van der Waals surface area contributed by atoms with E-state index in [1.54, 1.807) is 48.5 Å². The maximum absolute atomic E-state index is 12.4. The number of allylic oxidation sites excluding steroid dienone is 1. The zero-order chi connectivity index (χ0) is 29.8. The van der Waals surface area contributed by atoms with Crippen LogP contribution in [0.5, 0.6) is 11.5 Å². The Balaban J connectivity index is 1.58. The Morgan fingerprint density at radius 1 is 1.07 bits per heavy atom. The summed E-state index contributed by atoms with van der Waals surface area (Å²) in [5.41, 5.74) is 0.400. The van der Waals surface area contributed by atoms with Crippen molar-refractivity contribution in [1.29, 1.82) is 5.26 Å². The average Bonchev–Trinajstić information content (AvgIpc) is 3.41. The molecule has 14 nitrogen and oxygen atoms in total. The number of aliphatic imine (C=N–C) groups is 2. The van der Waals surface area contributed by atoms with Crippen LogP contribution in [0.2, 0.25) is 0 Å². The fourth-order valence-electron chi connectivity index (χ4n) is 4.48. The summed E-state index contributed by atoms with van der Waals surface area (Å²) in [4.78, 5) is 33.7. The second-order valence-electron chi connectivity index (χ2n) is 9.31. The van der Waals surface area contributed by atoms with E-state index < -0.39 is 39.2 Å². The molecule has 0 amide bonds. The maximum atomic E-state index is 12.4. The van der Waals surface area contributed by atoms with Crippen molar-refractivity contribution in [1.82, 2.24) is 9.91 Å². The maximum Gasteiger partial charge on any atom is 0.352 e. The number of hydrogen-bond acceptors (Lipinski definition) is 12. The molecule has 2 heterocycles. The fraction of sp³-hybridized carbons (Fsp3) is 0.179. The van der Waals surface area contributed by atoms with Gasteiger partial charge in [-0.25, -0.2) is 15.8 Å². The molecule has 0 saturated carbocycles. The van der Waals surface area contributed by atoms with Gasteiger partial charge in [0.15, 0.2) is 0 Å². The van der Waals surface area contributed by atoms with E-state index in [-0.39, 0.29) is 17.7 Å². The summed E-state index contributed by atoms with van der Waals surface area (Å²) in [7, 11) is 1.93. The van der Waals surface area contributed by atoms with Crippen molar-refractivity contribution in [3.05, 3.63) is 121 Å². The summed E-state index contributed by atoms with van der Waals surface area (Å²) in [5.74, 6) is 6.51. The summed E-state index contributed by atoms with van der Waals surface area (Å²) in [6.07, 6.45) is -1.33. The van der Waals surface area contributed by atoms with Crippen LogP contribution in [0, 0.1) is 31.6 Å². The van der Waals surface area contributed by atoms with Gasteiger partial charge < -0.3 is 14.4 Å². The lowest BCUT2D eigenvalue weighted by molar-refractivity contribution is -0.420. The molecule has 0 aliphatic carbocycles. The number of hydrazine groups is 1. The quantitative estimate of drug-likeness (QED) is 0.228. The summed E-state index contributed by atoms with van der Waals surface area (Å²) in [6, 6.07) is 21.3. The van der Waals surface area contributed by atoms with E-state index in [4.69, 9.17) is 15.3 Å². The van der Waals surface area contributed by atoms with Gasteiger partial charge in [-0.3, -0.25) is 25.2 Å². The molecule has 1 atom stereocenters. The lowest BCUT2D eigenvalue weighted by atomic mass is 10.1. The van der Waals surface area contributed by atoms with Gasteiger partial charge in [0.2, 0.25) is 5.75 Å². The van der Waals surface area contributed by atoms with E-state index in [0.29, 0.717) is 17.9 Å². The van der Waals surface area contributed by atoms with Crippen LogP contribution in [-0.4, -0.2) is 57.8 Å². The number of nitrogens with zero attached hydrogens (tertiary/aromatic N) is 7. The van der Waals surface area contributed by atoms with Crippen LogP contribution < -0.4 is 15.3 Å². The van der Waals surface area contributed by atoms with Crippen LogP contribution in [0.25, 0.3) is 0 Å². The standard InChI is InChI=1S/C28H24N8O6/c1-33-13-12-31-26(33)20-8-5-9-21(16-20)41-28-32-22(14-18-6-3-2-4-7-18)25(36(39)40)27(34(28)30)42-24-15-19(17-29)10-11-23(24)35(37)38/h2-11,15-16,28H,12-14,30H2,1H3. The van der Waals surface area contributed by atoms with Gasteiger partial charge in [-0.2, -0.15) is 5.26 Å². The Hall–Kier alpha value is -5.81. The minimum atomic E-state index is -1.35. The smallest absolute Gasteiger partial charge is 0.352 e. The summed E-state index contributed by atoms with van der Waals surface area (Å²) >= 11 is 0. The molecule has 0 fully saturated rings. The van der Waals surface area contributed by atoms with Gasteiger partial charge in [-0.05, 0) is 23.8 Å². The molecule has 2 aliphatic heterocycles. The van der Waals surface area contributed by atoms with Crippen molar-refractivity contribution < 1.29 is 19.3 Å². The first-order valence-electron chi connectivity index (χ1n) is 12.7. The SMILES string of the molecule is CN1CCN=C1c1cccc(OC2N=C(Cc3ccccc3)C([N+](=O)[O-])=C(Oc3cc(C#N)ccc3[N+](=O)[O-])N2N)c1. The Kier molecular flexibility index (Phi) is 7.76. The number of nitrogens with two attached hydrogens (primary N) is 1. The van der Waals surface area contributed by atoms with Gasteiger partial charge >= 0.3 is 11.4 Å². The summed E-state index contributed by atoms with van der Waals surface area (Å²) in [6.45, 7) is 1.44. The predicted molar refractivity (Wildman–Crippen MR) is 151 cm³/mol. The number of nitriles is 1. The number of amidine groups is 1. The highest BCUT2D eigenvalue weighted by Crippen LogP contribution is 2.33. The van der Waals surface area contributed by atoms with Gasteiger partial charge in [0.1, 0.15) is 17.3 Å². The third kappa shape index (κ3) is 5.71. The Morgan fingerprint density at radius 2 is 1.86 bits per heavy atom. The van der Waals surface area contributed by atoms with Crippen LogP contribution in [0.1, 0.15) is 16.7 Å². The fourth-order valence-corrected chi connectivity index (χ4v) is 4.48. The second-order valence-corrected chi connectivity index (χ2v) is 9.31. The normalized spacial score (nSPS) is 16.5. The van der Waals surface area contributed by atoms with Gasteiger partial charge in [0, 0.05) is 37.7 Å². The highest BCUT2D eigenvalue weighted by molar-refractivity contribution is 6.01. The molecule has 3 aromatic rings. The highest BCUT2D eigenvalue weighted by atomic mass is 16.6. The zero-order valence-corrected chi connectivity index (χ0v) is 22.3. The zero-order valence-electron chi connectivity index (χ0n) is 22.3.